The molecule has 0 aliphatic carbocycles. The Morgan fingerprint density at radius 3 is 1.77 bits per heavy atom. The molecule has 0 spiro atoms. The molecule has 56 heavy (non-hydrogen) atoms. The van der Waals surface area contributed by atoms with Gasteiger partial charge in [0, 0.05) is 37.3 Å². The van der Waals surface area contributed by atoms with Gasteiger partial charge in [0.2, 0.25) is 11.8 Å². The molecule has 0 radical (unpaired) electrons. The summed E-state index contributed by atoms with van der Waals surface area (Å²) in [5.41, 5.74) is 5.16. The minimum atomic E-state index is -1.22. The molecule has 2 fully saturated rings. The predicted molar refractivity (Wildman–Crippen MR) is 209 cm³/mol. The summed E-state index contributed by atoms with van der Waals surface area (Å²) in [4.78, 5) is 69.7. The molecule has 6 rings (SSSR count). The van der Waals surface area contributed by atoms with Crippen molar-refractivity contribution in [2.45, 2.75) is 64.7 Å². The highest BCUT2D eigenvalue weighted by atomic mass is 16.5. The number of hydrogen-bond acceptors (Lipinski definition) is 8. The second-order valence-corrected chi connectivity index (χ2v) is 14.7. The van der Waals surface area contributed by atoms with Crippen LogP contribution < -0.4 is 16.0 Å². The summed E-state index contributed by atoms with van der Waals surface area (Å²) in [6, 6.07) is 13.5. The molecule has 4 aromatic rings. The van der Waals surface area contributed by atoms with Crippen LogP contribution in [0.5, 0.6) is 0 Å². The van der Waals surface area contributed by atoms with Crippen LogP contribution in [0.2, 0.25) is 0 Å². The van der Waals surface area contributed by atoms with Crippen molar-refractivity contribution in [1.82, 2.24) is 45.7 Å². The van der Waals surface area contributed by atoms with E-state index in [9.17, 15) is 24.3 Å². The average molecular weight is 764 g/mol. The van der Waals surface area contributed by atoms with Crippen LogP contribution in [0.4, 0.5) is 9.59 Å². The molecule has 4 heterocycles. The number of imidazole rings is 2. The smallest absolute Gasteiger partial charge is 0.407 e. The topological polar surface area (TPSA) is 198 Å². The zero-order valence-corrected chi connectivity index (χ0v) is 32.3. The normalized spacial score (nSPS) is 17.9. The Bertz CT molecular complexity index is 2080. The number of H-pyrrole nitrogens is 2. The van der Waals surface area contributed by atoms with Crippen molar-refractivity contribution in [3.05, 3.63) is 83.7 Å². The number of nitrogens with one attached hydrogen (secondary N) is 5. The summed E-state index contributed by atoms with van der Waals surface area (Å²) in [5, 5.41) is 17.7. The number of methoxy groups -OCH3 is 1. The van der Waals surface area contributed by atoms with Crippen LogP contribution >= 0.6 is 0 Å². The van der Waals surface area contributed by atoms with Gasteiger partial charge >= 0.3 is 12.2 Å². The zero-order valence-electron chi connectivity index (χ0n) is 32.3. The van der Waals surface area contributed by atoms with Gasteiger partial charge in [-0.15, -0.1) is 0 Å². The Labute approximate surface area is 326 Å². The lowest BCUT2D eigenvalue weighted by molar-refractivity contribution is -0.138. The van der Waals surface area contributed by atoms with Crippen molar-refractivity contribution >= 4 is 24.0 Å². The van der Waals surface area contributed by atoms with E-state index in [2.05, 4.69) is 47.7 Å². The van der Waals surface area contributed by atoms with E-state index in [0.717, 1.165) is 46.5 Å². The molecule has 2 aliphatic heterocycles. The first kappa shape index (κ1) is 39.6. The summed E-state index contributed by atoms with van der Waals surface area (Å²) in [5.74, 6) is 7.05. The molecule has 2 aromatic heterocycles. The number of hydrogen-bond donors (Lipinski definition) is 6. The predicted octanol–water partition coefficient (Wildman–Crippen LogP) is 4.68. The van der Waals surface area contributed by atoms with Gasteiger partial charge in [-0.2, -0.15) is 0 Å². The van der Waals surface area contributed by atoms with E-state index in [1.807, 2.05) is 76.2 Å². The molecule has 0 saturated carbocycles. The monoisotopic (exact) mass is 763 g/mol. The van der Waals surface area contributed by atoms with Gasteiger partial charge in [-0.1, -0.05) is 63.8 Å². The lowest BCUT2D eigenvalue weighted by Crippen LogP contribution is -2.57. The summed E-state index contributed by atoms with van der Waals surface area (Å²) in [7, 11) is 1.28. The molecule has 0 bridgehead atoms. The van der Waals surface area contributed by atoms with E-state index in [1.54, 1.807) is 22.2 Å². The number of carboxylic acid groups (broad SMARTS) is 1. The average Bonchev–Trinajstić information content (AvgIpc) is 4.00. The van der Waals surface area contributed by atoms with Crippen LogP contribution in [0.1, 0.15) is 75.4 Å². The first-order valence-electron chi connectivity index (χ1n) is 18.9. The van der Waals surface area contributed by atoms with Gasteiger partial charge in [-0.3, -0.25) is 9.59 Å². The number of likely N-dealkylation sites (tertiary alicyclic amines) is 1. The van der Waals surface area contributed by atoms with Gasteiger partial charge in [-0.25, -0.2) is 19.6 Å². The Morgan fingerprint density at radius 2 is 1.27 bits per heavy atom. The Kier molecular flexibility index (Phi) is 12.4. The summed E-state index contributed by atoms with van der Waals surface area (Å²) >= 11 is 0. The maximum absolute atomic E-state index is 13.6. The number of nitrogens with zero attached hydrogens (tertiary/aromatic N) is 4. The van der Waals surface area contributed by atoms with Gasteiger partial charge in [0.15, 0.2) is 0 Å². The molecule has 2 aliphatic rings. The van der Waals surface area contributed by atoms with Gasteiger partial charge in [0.1, 0.15) is 29.8 Å². The number of amides is 4. The molecule has 294 valence electrons. The highest BCUT2D eigenvalue weighted by Crippen LogP contribution is 2.33. The molecule has 2 aromatic carbocycles. The number of carbonyl (C=O) groups is 4. The quantitative estimate of drug-likeness (QED) is 0.124. The molecule has 6 N–H and O–H groups in total. The maximum Gasteiger partial charge on any atom is 0.407 e. The molecule has 4 amide bonds. The van der Waals surface area contributed by atoms with Crippen LogP contribution in [0.15, 0.2) is 60.9 Å². The van der Waals surface area contributed by atoms with Crippen molar-refractivity contribution in [2.24, 2.45) is 11.8 Å². The third kappa shape index (κ3) is 9.03. The molecule has 15 heteroatoms. The van der Waals surface area contributed by atoms with E-state index >= 15 is 0 Å². The van der Waals surface area contributed by atoms with E-state index in [0.29, 0.717) is 37.8 Å². The van der Waals surface area contributed by atoms with Crippen LogP contribution in [0.3, 0.4) is 0 Å². The molecular weight excluding hydrogens is 715 g/mol. The van der Waals surface area contributed by atoms with Crippen LogP contribution in [0.25, 0.3) is 22.5 Å². The Morgan fingerprint density at radius 1 is 0.768 bits per heavy atom. The molecule has 4 atom stereocenters. The summed E-state index contributed by atoms with van der Waals surface area (Å²) < 4.78 is 4.75. The standard InChI is InChI=1S/C41H49N9O6/c1-24(2)34(47-40(53)54)38(51)49-19-6-7-32(49)36-43-21-30(45-36)28-14-10-26(11-15-28)8-9-27-12-16-29(17-13-27)31-22-44-37(46-31)33-23-42-18-20-50(33)39(52)35(25(3)4)48-41(55)56-5/h10-17,21-22,24-25,32-35,42,47H,6-7,18-20,23H2,1-5H3,(H,43,45)(H,44,46)(H,48,55)(H,53,54). The van der Waals surface area contributed by atoms with Crippen LogP contribution in [-0.2, 0) is 14.3 Å². The Hall–Kier alpha value is -6.14. The van der Waals surface area contributed by atoms with Gasteiger partial charge in [0.25, 0.3) is 0 Å². The van der Waals surface area contributed by atoms with E-state index < -0.39 is 24.3 Å². The third-order valence-electron chi connectivity index (χ3n) is 10.2. The number of aromatic amines is 2. The summed E-state index contributed by atoms with van der Waals surface area (Å²) in [6.45, 7) is 9.60. The lowest BCUT2D eigenvalue weighted by Gasteiger charge is -2.38. The second-order valence-electron chi connectivity index (χ2n) is 14.7. The van der Waals surface area contributed by atoms with Crippen molar-refractivity contribution in [2.75, 3.05) is 33.3 Å². The van der Waals surface area contributed by atoms with Crippen molar-refractivity contribution in [1.29, 1.82) is 0 Å². The minimum Gasteiger partial charge on any atom is -0.465 e. The van der Waals surface area contributed by atoms with Crippen molar-refractivity contribution < 1.29 is 29.0 Å². The van der Waals surface area contributed by atoms with Gasteiger partial charge < -0.3 is 45.6 Å². The molecule has 4 unspecified atom stereocenters. The number of rotatable bonds is 10. The van der Waals surface area contributed by atoms with Crippen molar-refractivity contribution in [3.63, 3.8) is 0 Å². The first-order valence-corrected chi connectivity index (χ1v) is 18.9. The number of aromatic nitrogens is 4. The van der Waals surface area contributed by atoms with Crippen LogP contribution in [-0.4, -0.2) is 104 Å². The highest BCUT2D eigenvalue weighted by Gasteiger charge is 2.38. The fraction of sp³-hybridized carbons (Fsp3) is 0.415. The zero-order chi connectivity index (χ0) is 39.9. The molecule has 2 saturated heterocycles. The largest absolute Gasteiger partial charge is 0.465 e. The SMILES string of the molecule is COC(=O)NC(C(=O)N1CCNCC1c1ncc(-c2ccc(C#Cc3ccc(-c4cnc(C5CCCN5C(=O)C(NC(=O)O)C(C)C)[nH]4)cc3)cc2)[nH]1)C(C)C. The number of benzene rings is 2. The van der Waals surface area contributed by atoms with Gasteiger partial charge in [0.05, 0.1) is 36.9 Å². The first-order chi connectivity index (χ1) is 26.9. The highest BCUT2D eigenvalue weighted by molar-refractivity contribution is 5.87. The number of carbonyl (C=O) groups excluding carboxylic acids is 3. The molecular formula is C41H49N9O6. The van der Waals surface area contributed by atoms with E-state index in [-0.39, 0.29) is 35.7 Å². The van der Waals surface area contributed by atoms with Gasteiger partial charge in [-0.05, 0) is 60.1 Å². The minimum absolute atomic E-state index is 0.133. The van der Waals surface area contributed by atoms with Crippen molar-refractivity contribution in [3.8, 4) is 34.4 Å². The third-order valence-corrected chi connectivity index (χ3v) is 10.2. The summed E-state index contributed by atoms with van der Waals surface area (Å²) in [6.07, 6.45) is 3.21. The number of alkyl carbamates (subject to hydrolysis) is 1. The second kappa shape index (κ2) is 17.5. The van der Waals surface area contributed by atoms with E-state index in [1.165, 1.54) is 7.11 Å². The lowest BCUT2D eigenvalue weighted by atomic mass is 10.0. The van der Waals surface area contributed by atoms with E-state index in [4.69, 9.17) is 4.74 Å². The number of piperazine rings is 1. The fourth-order valence-corrected chi connectivity index (χ4v) is 7.15. The number of ether oxygens (including phenoxy) is 1. The maximum atomic E-state index is 13.6. The Balaban J connectivity index is 1.09. The van der Waals surface area contributed by atoms with Crippen LogP contribution in [0, 0.1) is 23.7 Å². The molecule has 15 nitrogen and oxygen atoms in total. The fourth-order valence-electron chi connectivity index (χ4n) is 7.15.